The molecule has 0 radical (unpaired) electrons. The minimum Gasteiger partial charge on any atom is -0.516 e. The van der Waals surface area contributed by atoms with Crippen LogP contribution < -0.4 is 0 Å². The van der Waals surface area contributed by atoms with Crippen molar-refractivity contribution in [1.29, 1.82) is 0 Å². The zero-order chi connectivity index (χ0) is 13.9. The number of hydrogen-bond acceptors (Lipinski definition) is 4. The average molecular weight is 277 g/mol. The van der Waals surface area contributed by atoms with E-state index in [9.17, 15) is 4.79 Å². The predicted octanol–water partition coefficient (Wildman–Crippen LogP) is 3.99. The van der Waals surface area contributed by atoms with Crippen molar-refractivity contribution >= 4 is 25.4 Å². The molecule has 19 heavy (non-hydrogen) atoms. The molecule has 4 nitrogen and oxygen atoms in total. The largest absolute Gasteiger partial charge is 0.516 e. The Morgan fingerprint density at radius 3 is 2.63 bits per heavy atom. The number of carbonyl (C=O) groups is 1. The number of nitrogens with zero attached hydrogens (tertiary/aromatic N) is 1. The van der Waals surface area contributed by atoms with Gasteiger partial charge in [0, 0.05) is 11.6 Å². The quantitative estimate of drug-likeness (QED) is 0.775. The van der Waals surface area contributed by atoms with Gasteiger partial charge in [-0.25, -0.2) is 9.78 Å². The Kier molecular flexibility index (Phi) is 4.04. The first-order chi connectivity index (χ1) is 9.14. The van der Waals surface area contributed by atoms with Gasteiger partial charge in [-0.3, -0.25) is 0 Å². The molecule has 0 aliphatic heterocycles. The molecule has 0 saturated heterocycles. The minimum atomic E-state index is -1.92. The summed E-state index contributed by atoms with van der Waals surface area (Å²) in [7, 11) is -1.92. The minimum absolute atomic E-state index is 0.257. The standard InChI is InChI=1S/C14H19NO3Si/c1-4-19(5-2,6-3)18-14(16)12-9-11-7-8-17-13(11)15-10-12/h7-10H,4-6H2,1-3H3. The molecule has 0 bridgehead atoms. The van der Waals surface area contributed by atoms with E-state index < -0.39 is 8.32 Å². The smallest absolute Gasteiger partial charge is 0.326 e. The molecule has 0 N–H and O–H groups in total. The van der Waals surface area contributed by atoms with E-state index in [0.29, 0.717) is 11.3 Å². The molecule has 0 aliphatic carbocycles. The van der Waals surface area contributed by atoms with Crippen molar-refractivity contribution < 1.29 is 13.6 Å². The lowest BCUT2D eigenvalue weighted by atomic mass is 10.2. The molecule has 0 atom stereocenters. The summed E-state index contributed by atoms with van der Waals surface area (Å²) in [5, 5.41) is 0.825. The molecule has 5 heteroatoms. The van der Waals surface area contributed by atoms with Crippen LogP contribution in [-0.4, -0.2) is 19.3 Å². The van der Waals surface area contributed by atoms with E-state index in [1.54, 1.807) is 18.4 Å². The topological polar surface area (TPSA) is 52.3 Å². The molecule has 0 fully saturated rings. The Hall–Kier alpha value is -1.62. The molecule has 0 saturated carbocycles. The van der Waals surface area contributed by atoms with Crippen molar-refractivity contribution in [1.82, 2.24) is 4.98 Å². The van der Waals surface area contributed by atoms with Crippen molar-refractivity contribution in [2.75, 3.05) is 0 Å². The second-order valence-corrected chi connectivity index (χ2v) is 9.36. The van der Waals surface area contributed by atoms with Crippen molar-refractivity contribution in [2.24, 2.45) is 0 Å². The van der Waals surface area contributed by atoms with E-state index in [1.165, 1.54) is 6.20 Å². The third-order valence-corrected chi connectivity index (χ3v) is 8.27. The molecule has 2 rings (SSSR count). The van der Waals surface area contributed by atoms with Crippen LogP contribution in [0.15, 0.2) is 29.0 Å². The number of carbonyl (C=O) groups excluding carboxylic acids is 1. The van der Waals surface area contributed by atoms with Gasteiger partial charge in [0.2, 0.25) is 5.71 Å². The number of rotatable bonds is 5. The summed E-state index contributed by atoms with van der Waals surface area (Å²) in [5.41, 5.74) is 1.04. The van der Waals surface area contributed by atoms with Gasteiger partial charge in [0.25, 0.3) is 8.32 Å². The summed E-state index contributed by atoms with van der Waals surface area (Å²) in [5.74, 6) is -0.257. The van der Waals surface area contributed by atoms with Gasteiger partial charge in [-0.05, 0) is 30.3 Å². The molecule has 0 amide bonds. The Morgan fingerprint density at radius 2 is 2.00 bits per heavy atom. The summed E-state index contributed by atoms with van der Waals surface area (Å²) in [4.78, 5) is 16.4. The highest BCUT2D eigenvalue weighted by molar-refractivity contribution is 6.75. The van der Waals surface area contributed by atoms with E-state index >= 15 is 0 Å². The van der Waals surface area contributed by atoms with Crippen LogP contribution in [0.4, 0.5) is 0 Å². The lowest BCUT2D eigenvalue weighted by Crippen LogP contribution is -2.38. The van der Waals surface area contributed by atoms with Gasteiger partial charge in [-0.15, -0.1) is 0 Å². The van der Waals surface area contributed by atoms with Gasteiger partial charge >= 0.3 is 5.97 Å². The van der Waals surface area contributed by atoms with Crippen LogP contribution in [0.5, 0.6) is 0 Å². The highest BCUT2D eigenvalue weighted by Crippen LogP contribution is 2.24. The first-order valence-electron chi connectivity index (χ1n) is 6.70. The first kappa shape index (κ1) is 13.8. The van der Waals surface area contributed by atoms with Crippen LogP contribution in [-0.2, 0) is 4.43 Å². The predicted molar refractivity (Wildman–Crippen MR) is 76.6 cm³/mol. The third-order valence-electron chi connectivity index (χ3n) is 3.78. The van der Waals surface area contributed by atoms with Gasteiger partial charge in [-0.2, -0.15) is 0 Å². The highest BCUT2D eigenvalue weighted by Gasteiger charge is 2.33. The van der Waals surface area contributed by atoms with E-state index in [1.807, 2.05) is 0 Å². The van der Waals surface area contributed by atoms with Crippen LogP contribution in [0.1, 0.15) is 31.1 Å². The molecule has 2 aromatic heterocycles. The fourth-order valence-electron chi connectivity index (χ4n) is 2.19. The van der Waals surface area contributed by atoms with Gasteiger partial charge in [0.15, 0.2) is 0 Å². The van der Waals surface area contributed by atoms with E-state index in [2.05, 4.69) is 25.8 Å². The van der Waals surface area contributed by atoms with Crippen LogP contribution in [0.3, 0.4) is 0 Å². The second-order valence-electron chi connectivity index (χ2n) is 4.67. The maximum atomic E-state index is 12.2. The number of aromatic nitrogens is 1. The molecular formula is C14H19NO3Si. The van der Waals surface area contributed by atoms with Gasteiger partial charge in [-0.1, -0.05) is 20.8 Å². The molecular weight excluding hydrogens is 258 g/mol. The molecule has 0 spiro atoms. The van der Waals surface area contributed by atoms with Gasteiger partial charge in [0.05, 0.1) is 11.8 Å². The summed E-state index contributed by atoms with van der Waals surface area (Å²) in [6.45, 7) is 6.30. The second kappa shape index (κ2) is 5.57. The molecule has 0 unspecified atom stereocenters. The van der Waals surface area contributed by atoms with Gasteiger partial charge in [0.1, 0.15) is 0 Å². The number of hydrogen-bond donors (Lipinski definition) is 0. The van der Waals surface area contributed by atoms with Gasteiger partial charge < -0.3 is 8.84 Å². The molecule has 102 valence electrons. The number of fused-ring (bicyclic) bond motifs is 1. The van der Waals surface area contributed by atoms with Crippen molar-refractivity contribution in [2.45, 2.75) is 38.9 Å². The molecule has 2 aromatic rings. The fourth-order valence-corrected chi connectivity index (χ4v) is 4.64. The van der Waals surface area contributed by atoms with E-state index in [-0.39, 0.29) is 5.97 Å². The van der Waals surface area contributed by atoms with Crippen LogP contribution in [0.2, 0.25) is 18.1 Å². The highest BCUT2D eigenvalue weighted by atomic mass is 28.4. The molecule has 0 aliphatic rings. The van der Waals surface area contributed by atoms with Crippen LogP contribution >= 0.6 is 0 Å². The average Bonchev–Trinajstić information content (AvgIpc) is 2.92. The Morgan fingerprint density at radius 1 is 1.32 bits per heavy atom. The zero-order valence-corrected chi connectivity index (χ0v) is 12.6. The maximum absolute atomic E-state index is 12.2. The monoisotopic (exact) mass is 277 g/mol. The van der Waals surface area contributed by atoms with E-state index in [0.717, 1.165) is 23.5 Å². The lowest BCUT2D eigenvalue weighted by Gasteiger charge is -2.27. The Labute approximate surface area is 113 Å². The first-order valence-corrected chi connectivity index (χ1v) is 9.23. The number of furan rings is 1. The Bertz CT molecular complexity index is 567. The Balaban J connectivity index is 2.23. The summed E-state index contributed by atoms with van der Waals surface area (Å²) < 4.78 is 11.0. The van der Waals surface area contributed by atoms with Crippen molar-refractivity contribution in [3.05, 3.63) is 30.2 Å². The van der Waals surface area contributed by atoms with Crippen molar-refractivity contribution in [3.63, 3.8) is 0 Å². The van der Waals surface area contributed by atoms with E-state index in [4.69, 9.17) is 8.84 Å². The van der Waals surface area contributed by atoms with Crippen molar-refractivity contribution in [3.8, 4) is 0 Å². The van der Waals surface area contributed by atoms with Crippen LogP contribution in [0.25, 0.3) is 11.1 Å². The van der Waals surface area contributed by atoms with Crippen LogP contribution in [0, 0.1) is 0 Å². The number of pyridine rings is 1. The normalized spacial score (nSPS) is 11.7. The summed E-state index contributed by atoms with van der Waals surface area (Å²) >= 11 is 0. The summed E-state index contributed by atoms with van der Waals surface area (Å²) in [6.07, 6.45) is 3.09. The molecule has 2 heterocycles. The third kappa shape index (κ3) is 2.70. The lowest BCUT2D eigenvalue weighted by molar-refractivity contribution is 0.0717. The fraction of sp³-hybridized carbons (Fsp3) is 0.429. The molecule has 0 aromatic carbocycles. The summed E-state index contributed by atoms with van der Waals surface area (Å²) in [6, 6.07) is 6.42. The maximum Gasteiger partial charge on any atom is 0.326 e. The SMILES string of the molecule is CC[Si](CC)(CC)OC(=O)c1cnc2occc2c1. The zero-order valence-electron chi connectivity index (χ0n) is 11.6.